The molecule has 0 saturated heterocycles. The molecule has 0 heterocycles. The van der Waals surface area contributed by atoms with E-state index in [-0.39, 0.29) is 5.41 Å². The van der Waals surface area contributed by atoms with Crippen molar-refractivity contribution in [2.45, 2.75) is 64.2 Å². The molecule has 0 N–H and O–H groups in total. The highest BCUT2D eigenvalue weighted by Crippen LogP contribution is 2.36. The molecule has 0 amide bonds. The van der Waals surface area contributed by atoms with Gasteiger partial charge in [-0.05, 0) is 65.0 Å². The van der Waals surface area contributed by atoms with Gasteiger partial charge in [0.2, 0.25) is 0 Å². The first-order valence-electron chi connectivity index (χ1n) is 10.8. The van der Waals surface area contributed by atoms with E-state index in [2.05, 4.69) is 93.6 Å². The molecular formula is C28H32. The fourth-order valence-corrected chi connectivity index (χ4v) is 4.42. The Bertz CT molecular complexity index is 967. The second-order valence-electron chi connectivity index (χ2n) is 9.34. The van der Waals surface area contributed by atoms with Gasteiger partial charge in [-0.15, -0.1) is 0 Å². The van der Waals surface area contributed by atoms with Crippen LogP contribution in [0, 0.1) is 0 Å². The lowest BCUT2D eigenvalue weighted by Gasteiger charge is -2.24. The Balaban J connectivity index is 1.73. The molecule has 1 atom stereocenters. The Hall–Kier alpha value is -2.34. The van der Waals surface area contributed by atoms with Gasteiger partial charge in [-0.2, -0.15) is 0 Å². The van der Waals surface area contributed by atoms with Crippen LogP contribution in [-0.4, -0.2) is 0 Å². The Morgan fingerprint density at radius 2 is 1.50 bits per heavy atom. The zero-order chi connectivity index (χ0) is 19.6. The first-order valence-corrected chi connectivity index (χ1v) is 10.8. The van der Waals surface area contributed by atoms with Crippen LogP contribution in [0.25, 0.3) is 10.8 Å². The van der Waals surface area contributed by atoms with Gasteiger partial charge in [0.25, 0.3) is 0 Å². The van der Waals surface area contributed by atoms with Crippen LogP contribution in [0.3, 0.4) is 0 Å². The molecule has 28 heavy (non-hydrogen) atoms. The van der Waals surface area contributed by atoms with Crippen molar-refractivity contribution >= 4 is 10.8 Å². The highest BCUT2D eigenvalue weighted by molar-refractivity contribution is 5.83. The van der Waals surface area contributed by atoms with Crippen molar-refractivity contribution in [3.05, 3.63) is 95.1 Å². The van der Waals surface area contributed by atoms with E-state index in [4.69, 9.17) is 0 Å². The first-order chi connectivity index (χ1) is 13.5. The van der Waals surface area contributed by atoms with Crippen LogP contribution in [0.1, 0.15) is 75.5 Å². The van der Waals surface area contributed by atoms with Crippen LogP contribution in [0.5, 0.6) is 0 Å². The summed E-state index contributed by atoms with van der Waals surface area (Å²) in [5.74, 6) is 0.433. The molecule has 3 aromatic carbocycles. The Labute approximate surface area is 170 Å². The third-order valence-corrected chi connectivity index (χ3v) is 6.21. The predicted octanol–water partition coefficient (Wildman–Crippen LogP) is 8.16. The molecule has 0 spiro atoms. The van der Waals surface area contributed by atoms with Crippen LogP contribution in [0.4, 0.5) is 0 Å². The van der Waals surface area contributed by atoms with Crippen LogP contribution in [0.15, 0.2) is 78.4 Å². The van der Waals surface area contributed by atoms with Crippen molar-refractivity contribution in [3.63, 3.8) is 0 Å². The van der Waals surface area contributed by atoms with Gasteiger partial charge in [-0.3, -0.25) is 0 Å². The standard InChI is InChI=1S/C28H32/c1-28(2,3)26-17-15-23(16-18-26)27(19-21-9-5-4-6-10-21)25-14-13-22-11-7-8-12-24(22)20-25/h7-9,11-18,20,27H,4-6,10,19H2,1-3H3. The molecule has 0 fully saturated rings. The summed E-state index contributed by atoms with van der Waals surface area (Å²) in [5.41, 5.74) is 6.13. The quantitative estimate of drug-likeness (QED) is 0.407. The largest absolute Gasteiger partial charge is 0.0853 e. The average Bonchev–Trinajstić information content (AvgIpc) is 2.72. The molecule has 0 heteroatoms. The number of allylic oxidation sites excluding steroid dienone is 2. The predicted molar refractivity (Wildman–Crippen MR) is 122 cm³/mol. The summed E-state index contributed by atoms with van der Waals surface area (Å²) in [4.78, 5) is 0. The monoisotopic (exact) mass is 368 g/mol. The number of hydrogen-bond acceptors (Lipinski definition) is 0. The molecule has 0 aromatic heterocycles. The SMILES string of the molecule is CC(C)(C)c1ccc(C(CC2=CCCCC2)c2ccc3ccccc3c2)cc1. The molecule has 4 rings (SSSR count). The molecular weight excluding hydrogens is 336 g/mol. The number of hydrogen-bond donors (Lipinski definition) is 0. The van der Waals surface area contributed by atoms with Crippen molar-refractivity contribution in [3.8, 4) is 0 Å². The maximum Gasteiger partial charge on any atom is 0.0127 e. The minimum atomic E-state index is 0.197. The number of benzene rings is 3. The van der Waals surface area contributed by atoms with Crippen LogP contribution < -0.4 is 0 Å². The van der Waals surface area contributed by atoms with Gasteiger partial charge >= 0.3 is 0 Å². The van der Waals surface area contributed by atoms with Crippen molar-refractivity contribution in [2.75, 3.05) is 0 Å². The van der Waals surface area contributed by atoms with Gasteiger partial charge in [0.1, 0.15) is 0 Å². The lowest BCUT2D eigenvalue weighted by molar-refractivity contribution is 0.589. The van der Waals surface area contributed by atoms with Gasteiger partial charge in [0.15, 0.2) is 0 Å². The molecule has 144 valence electrons. The minimum Gasteiger partial charge on any atom is -0.0853 e. The molecule has 1 unspecified atom stereocenters. The summed E-state index contributed by atoms with van der Waals surface area (Å²) < 4.78 is 0. The second-order valence-corrected chi connectivity index (χ2v) is 9.34. The summed E-state index contributed by atoms with van der Waals surface area (Å²) >= 11 is 0. The Kier molecular flexibility index (Phi) is 5.40. The Morgan fingerprint density at radius 3 is 2.18 bits per heavy atom. The molecule has 0 saturated carbocycles. The fraction of sp³-hybridized carbons (Fsp3) is 0.357. The van der Waals surface area contributed by atoms with Gasteiger partial charge in [-0.25, -0.2) is 0 Å². The zero-order valence-electron chi connectivity index (χ0n) is 17.5. The first kappa shape index (κ1) is 19.0. The maximum absolute atomic E-state index is 2.50. The highest BCUT2D eigenvalue weighted by atomic mass is 14.2. The van der Waals surface area contributed by atoms with E-state index in [1.165, 1.54) is 53.1 Å². The van der Waals surface area contributed by atoms with Crippen LogP contribution in [-0.2, 0) is 5.41 Å². The van der Waals surface area contributed by atoms with Crippen molar-refractivity contribution < 1.29 is 0 Å². The summed E-state index contributed by atoms with van der Waals surface area (Å²) in [7, 11) is 0. The molecule has 0 aliphatic heterocycles. The maximum atomic E-state index is 2.50. The molecule has 1 aliphatic carbocycles. The third kappa shape index (κ3) is 4.22. The normalized spacial score (nSPS) is 16.0. The lowest BCUT2D eigenvalue weighted by Crippen LogP contribution is -2.11. The molecule has 0 bridgehead atoms. The average molecular weight is 369 g/mol. The molecule has 0 radical (unpaired) electrons. The highest BCUT2D eigenvalue weighted by Gasteiger charge is 2.19. The van der Waals surface area contributed by atoms with E-state index in [0.717, 1.165) is 6.42 Å². The Morgan fingerprint density at radius 1 is 0.786 bits per heavy atom. The number of fused-ring (bicyclic) bond motifs is 1. The zero-order valence-corrected chi connectivity index (χ0v) is 17.5. The van der Waals surface area contributed by atoms with E-state index in [0.29, 0.717) is 5.92 Å². The second kappa shape index (κ2) is 7.95. The van der Waals surface area contributed by atoms with Crippen molar-refractivity contribution in [1.82, 2.24) is 0 Å². The van der Waals surface area contributed by atoms with Crippen LogP contribution >= 0.6 is 0 Å². The van der Waals surface area contributed by atoms with Crippen molar-refractivity contribution in [2.24, 2.45) is 0 Å². The summed E-state index contributed by atoms with van der Waals surface area (Å²) in [5, 5.41) is 2.67. The number of rotatable bonds is 4. The molecule has 0 nitrogen and oxygen atoms in total. The molecule has 3 aromatic rings. The smallest absolute Gasteiger partial charge is 0.0127 e. The summed E-state index contributed by atoms with van der Waals surface area (Å²) in [6.07, 6.45) is 8.87. The minimum absolute atomic E-state index is 0.197. The van der Waals surface area contributed by atoms with Gasteiger partial charge in [0.05, 0.1) is 0 Å². The third-order valence-electron chi connectivity index (χ3n) is 6.21. The fourth-order valence-electron chi connectivity index (χ4n) is 4.42. The van der Waals surface area contributed by atoms with E-state index >= 15 is 0 Å². The van der Waals surface area contributed by atoms with Crippen LogP contribution in [0.2, 0.25) is 0 Å². The van der Waals surface area contributed by atoms with E-state index in [9.17, 15) is 0 Å². The topological polar surface area (TPSA) is 0 Å². The van der Waals surface area contributed by atoms with E-state index in [1.54, 1.807) is 5.57 Å². The summed E-state index contributed by atoms with van der Waals surface area (Å²) in [6, 6.07) is 25.1. The van der Waals surface area contributed by atoms with Gasteiger partial charge in [-0.1, -0.05) is 99.2 Å². The summed E-state index contributed by atoms with van der Waals surface area (Å²) in [6.45, 7) is 6.86. The van der Waals surface area contributed by atoms with Gasteiger partial charge < -0.3 is 0 Å². The van der Waals surface area contributed by atoms with E-state index in [1.807, 2.05) is 0 Å². The van der Waals surface area contributed by atoms with Crippen molar-refractivity contribution in [1.29, 1.82) is 0 Å². The molecule has 1 aliphatic rings. The lowest BCUT2D eigenvalue weighted by atomic mass is 9.80. The van der Waals surface area contributed by atoms with Gasteiger partial charge in [0, 0.05) is 5.92 Å². The van der Waals surface area contributed by atoms with E-state index < -0.39 is 0 Å².